The van der Waals surface area contributed by atoms with Crippen LogP contribution in [0.25, 0.3) is 33.4 Å². The summed E-state index contributed by atoms with van der Waals surface area (Å²) in [5, 5.41) is 3.57. The van der Waals surface area contributed by atoms with Gasteiger partial charge in [-0.15, -0.1) is 0 Å². The molecule has 0 radical (unpaired) electrons. The van der Waals surface area contributed by atoms with Gasteiger partial charge in [0.2, 0.25) is 5.95 Å². The van der Waals surface area contributed by atoms with Crippen LogP contribution in [-0.2, 0) is 15.7 Å². The first-order valence-corrected chi connectivity index (χ1v) is 14.1. The average Bonchev–Trinajstić information content (AvgIpc) is 3.00. The number of aromatic nitrogens is 4. The maximum atomic E-state index is 15.7. The van der Waals surface area contributed by atoms with Crippen molar-refractivity contribution < 1.29 is 22.5 Å². The Labute approximate surface area is 232 Å². The average molecular weight is 570 g/mol. The molecule has 1 fully saturated rings. The molecule has 0 spiro atoms. The van der Waals surface area contributed by atoms with Crippen molar-refractivity contribution in [2.75, 3.05) is 67.8 Å². The highest BCUT2D eigenvalue weighted by Crippen LogP contribution is 2.39. The van der Waals surface area contributed by atoms with Crippen LogP contribution in [0.5, 0.6) is 5.75 Å². The van der Waals surface area contributed by atoms with Crippen LogP contribution in [0, 0.1) is 5.82 Å². The molecule has 210 valence electrons. The number of morpholine rings is 1. The number of methoxy groups -OCH3 is 1. The molecule has 1 aliphatic rings. The van der Waals surface area contributed by atoms with E-state index in [0.29, 0.717) is 71.7 Å². The lowest BCUT2D eigenvalue weighted by atomic mass is 10.0. The number of hydrogen-bond donors (Lipinski definition) is 2. The summed E-state index contributed by atoms with van der Waals surface area (Å²) >= 11 is 0. The summed E-state index contributed by atoms with van der Waals surface area (Å²) in [4.78, 5) is 20.4. The molecule has 1 aliphatic heterocycles. The molecule has 3 heterocycles. The van der Waals surface area contributed by atoms with Crippen LogP contribution in [0.4, 0.5) is 26.2 Å². The van der Waals surface area contributed by atoms with Crippen LogP contribution < -0.4 is 19.7 Å². The van der Waals surface area contributed by atoms with Crippen LogP contribution in [0.3, 0.4) is 0 Å². The number of rotatable bonds is 10. The largest absolute Gasteiger partial charge is 0.494 e. The van der Waals surface area contributed by atoms with E-state index in [2.05, 4.69) is 24.9 Å². The number of hydrogen-bond acceptors (Lipinski definition) is 9. The lowest BCUT2D eigenvalue weighted by molar-refractivity contribution is 0.122. The highest BCUT2D eigenvalue weighted by molar-refractivity contribution is 7.86. The van der Waals surface area contributed by atoms with Crippen LogP contribution in [0.2, 0.25) is 0 Å². The minimum absolute atomic E-state index is 0.0683. The number of ether oxygens (including phenoxy) is 2. The zero-order valence-electron chi connectivity index (χ0n) is 22.1. The van der Waals surface area contributed by atoms with E-state index in [1.807, 2.05) is 6.07 Å². The summed E-state index contributed by atoms with van der Waals surface area (Å²) in [6.07, 6.45) is 3.42. The highest BCUT2D eigenvalue weighted by atomic mass is 32.2. The van der Waals surface area contributed by atoms with Crippen molar-refractivity contribution in [1.29, 1.82) is 0 Å². The molecular weight excluding hydrogens is 540 g/mol. The van der Waals surface area contributed by atoms with E-state index in [-0.39, 0.29) is 23.4 Å². The Hall–Kier alpha value is -3.97. The van der Waals surface area contributed by atoms with Gasteiger partial charge in [0.05, 0.1) is 38.2 Å². The molecule has 13 heteroatoms. The van der Waals surface area contributed by atoms with Gasteiger partial charge in [0.1, 0.15) is 28.1 Å². The first kappa shape index (κ1) is 27.6. The summed E-state index contributed by atoms with van der Waals surface area (Å²) in [5.41, 5.74) is 2.07. The number of nitrogens with one attached hydrogen (secondary N) is 2. The molecule has 1 unspecified atom stereocenters. The first-order chi connectivity index (χ1) is 19.5. The fourth-order valence-electron chi connectivity index (χ4n) is 4.41. The van der Waals surface area contributed by atoms with Crippen LogP contribution in [0.15, 0.2) is 42.7 Å². The Morgan fingerprint density at radius 1 is 1.12 bits per heavy atom. The van der Waals surface area contributed by atoms with Crippen molar-refractivity contribution in [3.05, 3.63) is 48.5 Å². The van der Waals surface area contributed by atoms with Gasteiger partial charge in [-0.1, -0.05) is 12.1 Å². The van der Waals surface area contributed by atoms with E-state index in [1.165, 1.54) is 13.2 Å². The van der Waals surface area contributed by atoms with Crippen LogP contribution >= 0.6 is 0 Å². The summed E-state index contributed by atoms with van der Waals surface area (Å²) in [7, 11) is 1.66. The topological polar surface area (TPSA) is 114 Å². The second-order valence-electron chi connectivity index (χ2n) is 8.95. The maximum absolute atomic E-state index is 15.7. The molecule has 0 aliphatic carbocycles. The van der Waals surface area contributed by atoms with Gasteiger partial charge in [0, 0.05) is 49.2 Å². The highest BCUT2D eigenvalue weighted by Gasteiger charge is 2.22. The van der Waals surface area contributed by atoms with Crippen molar-refractivity contribution in [3.8, 4) is 28.3 Å². The predicted molar refractivity (Wildman–Crippen MR) is 152 cm³/mol. The molecule has 4 aromatic rings. The summed E-state index contributed by atoms with van der Waals surface area (Å²) in [5.74, 6) is 1.49. The molecule has 5 rings (SSSR count). The van der Waals surface area contributed by atoms with E-state index in [0.717, 1.165) is 0 Å². The van der Waals surface area contributed by atoms with Gasteiger partial charge in [0.15, 0.2) is 11.6 Å². The molecule has 1 atom stereocenters. The van der Waals surface area contributed by atoms with E-state index >= 15 is 4.39 Å². The lowest BCUT2D eigenvalue weighted by Gasteiger charge is -2.29. The minimum atomic E-state index is -1.61. The fraction of sp³-hybridized carbons (Fsp3) is 0.333. The zero-order valence-corrected chi connectivity index (χ0v) is 22.9. The summed E-state index contributed by atoms with van der Waals surface area (Å²) < 4.78 is 54.4. The van der Waals surface area contributed by atoms with Gasteiger partial charge in [-0.2, -0.15) is 0 Å². The van der Waals surface area contributed by atoms with Crippen molar-refractivity contribution in [3.63, 3.8) is 0 Å². The third-order valence-corrected chi connectivity index (χ3v) is 7.51. The number of halogens is 2. The van der Waals surface area contributed by atoms with Crippen LogP contribution in [-0.4, -0.2) is 77.0 Å². The Kier molecular flexibility index (Phi) is 8.60. The summed E-state index contributed by atoms with van der Waals surface area (Å²) in [6.45, 7) is 1.73. The van der Waals surface area contributed by atoms with E-state index in [4.69, 9.17) is 19.4 Å². The van der Waals surface area contributed by atoms with Crippen molar-refractivity contribution >= 4 is 39.3 Å². The van der Waals surface area contributed by atoms with Gasteiger partial charge < -0.3 is 24.4 Å². The molecular formula is C27H29F2N7O3S. The number of nitrogens with zero attached hydrogens (tertiary/aromatic N) is 5. The van der Waals surface area contributed by atoms with E-state index in [1.54, 1.807) is 37.6 Å². The number of anilines is 3. The zero-order chi connectivity index (χ0) is 28.1. The monoisotopic (exact) mass is 569 g/mol. The molecule has 10 nitrogen and oxygen atoms in total. The van der Waals surface area contributed by atoms with Gasteiger partial charge in [-0.3, -0.25) is 4.39 Å². The Morgan fingerprint density at radius 3 is 2.60 bits per heavy atom. The second-order valence-corrected chi connectivity index (χ2v) is 10.3. The van der Waals surface area contributed by atoms with E-state index < -0.39 is 23.5 Å². The number of alkyl halides is 1. The Bertz CT molecular complexity index is 1520. The quantitative estimate of drug-likeness (QED) is 0.290. The van der Waals surface area contributed by atoms with Gasteiger partial charge in [0.25, 0.3) is 0 Å². The standard InChI is InChI=1S/C27H29F2N7O3S/c1-30-27-31-15-18(16-32-27)25-33-24-20(26(34-25)36-8-10-39-11-9-36)13-17(14-22(24)38-2)19-5-3-6-21(23(19)29)35-40(37)12-4-7-28/h3,5-6,13-16,35H,4,7-12H2,1-2H3,(H,30,31,32). The molecule has 0 bridgehead atoms. The Morgan fingerprint density at radius 2 is 1.90 bits per heavy atom. The third-order valence-electron chi connectivity index (χ3n) is 6.41. The van der Waals surface area contributed by atoms with Crippen molar-refractivity contribution in [1.82, 2.24) is 19.9 Å². The Balaban J connectivity index is 1.64. The fourth-order valence-corrected chi connectivity index (χ4v) is 5.28. The van der Waals surface area contributed by atoms with Gasteiger partial charge in [-0.05, 0) is 30.2 Å². The second kappa shape index (κ2) is 12.5. The predicted octanol–water partition coefficient (Wildman–Crippen LogP) is 4.22. The number of fused-ring (bicyclic) bond motifs is 1. The molecule has 0 saturated carbocycles. The van der Waals surface area contributed by atoms with Gasteiger partial charge in [-0.25, -0.2) is 28.5 Å². The molecule has 40 heavy (non-hydrogen) atoms. The third kappa shape index (κ3) is 5.80. The molecule has 2 N–H and O–H groups in total. The van der Waals surface area contributed by atoms with Crippen LogP contribution in [0.1, 0.15) is 6.42 Å². The molecule has 2 aromatic carbocycles. The normalized spacial score (nSPS) is 14.2. The smallest absolute Gasteiger partial charge is 0.222 e. The van der Waals surface area contributed by atoms with Crippen molar-refractivity contribution in [2.24, 2.45) is 0 Å². The van der Waals surface area contributed by atoms with Gasteiger partial charge >= 0.3 is 0 Å². The maximum Gasteiger partial charge on any atom is 0.222 e. The SMILES string of the molecule is CNc1ncc(-c2nc(N3CCOCC3)c3cc(-c4cccc(NS(=O)CCCF)c4F)cc(OC)c3n2)cn1. The first-order valence-electron chi connectivity index (χ1n) is 12.7. The molecule has 2 aromatic heterocycles. The molecule has 0 amide bonds. The molecule has 1 saturated heterocycles. The van der Waals surface area contributed by atoms with E-state index in [9.17, 15) is 8.60 Å². The van der Waals surface area contributed by atoms with Crippen molar-refractivity contribution in [2.45, 2.75) is 6.42 Å². The number of benzene rings is 2. The summed E-state index contributed by atoms with van der Waals surface area (Å²) in [6, 6.07) is 8.34. The minimum Gasteiger partial charge on any atom is -0.494 e. The lowest BCUT2D eigenvalue weighted by Crippen LogP contribution is -2.37.